The van der Waals surface area contributed by atoms with Crippen LogP contribution in [0.15, 0.2) is 5.11 Å². The molecular formula is C22H42N6O6. The molecule has 34 heavy (non-hydrogen) atoms. The molecule has 0 aromatic heterocycles. The lowest BCUT2D eigenvalue weighted by atomic mass is 9.89. The molecule has 0 aromatic carbocycles. The zero-order chi connectivity index (χ0) is 26.0. The van der Waals surface area contributed by atoms with Crippen LogP contribution in [0.25, 0.3) is 10.4 Å². The van der Waals surface area contributed by atoms with Crippen LogP contribution >= 0.6 is 0 Å². The Bertz CT molecular complexity index is 666. The first-order valence-corrected chi connectivity index (χ1v) is 11.7. The van der Waals surface area contributed by atoms with Crippen molar-refractivity contribution >= 4 is 17.7 Å². The minimum Gasteiger partial charge on any atom is -0.379 e. The summed E-state index contributed by atoms with van der Waals surface area (Å²) in [5, 5.41) is 11.5. The van der Waals surface area contributed by atoms with Crippen molar-refractivity contribution in [2.75, 3.05) is 52.7 Å². The Morgan fingerprint density at radius 3 is 2.00 bits per heavy atom. The normalized spacial score (nSPS) is 13.0. The lowest BCUT2D eigenvalue weighted by Crippen LogP contribution is -2.56. The van der Waals surface area contributed by atoms with Crippen LogP contribution in [-0.2, 0) is 28.6 Å². The van der Waals surface area contributed by atoms with Gasteiger partial charge in [-0.15, -0.1) is 0 Å². The van der Waals surface area contributed by atoms with Crippen molar-refractivity contribution in [1.82, 2.24) is 16.0 Å². The van der Waals surface area contributed by atoms with Crippen molar-refractivity contribution in [2.45, 2.75) is 60.0 Å². The molecule has 0 aliphatic rings. The highest BCUT2D eigenvalue weighted by Gasteiger charge is 2.30. The summed E-state index contributed by atoms with van der Waals surface area (Å²) in [6.45, 7) is 13.6. The summed E-state index contributed by atoms with van der Waals surface area (Å²) in [5.41, 5.74) is 7.56. The van der Waals surface area contributed by atoms with Crippen molar-refractivity contribution in [3.05, 3.63) is 10.4 Å². The van der Waals surface area contributed by atoms with E-state index in [2.05, 4.69) is 26.0 Å². The van der Waals surface area contributed by atoms with Gasteiger partial charge in [0.05, 0.1) is 39.6 Å². The first kappa shape index (κ1) is 31.6. The van der Waals surface area contributed by atoms with E-state index >= 15 is 0 Å². The third-order valence-corrected chi connectivity index (χ3v) is 5.17. The maximum absolute atomic E-state index is 12.5. The minimum atomic E-state index is -0.757. The van der Waals surface area contributed by atoms with Crippen LogP contribution in [0.3, 0.4) is 0 Å². The zero-order valence-corrected chi connectivity index (χ0v) is 21.4. The molecule has 0 aliphatic heterocycles. The number of rotatable bonds is 19. The van der Waals surface area contributed by atoms with Crippen molar-refractivity contribution in [1.29, 1.82) is 0 Å². The summed E-state index contributed by atoms with van der Waals surface area (Å²) < 4.78 is 16.0. The van der Waals surface area contributed by atoms with Gasteiger partial charge in [-0.2, -0.15) is 0 Å². The van der Waals surface area contributed by atoms with E-state index in [1.54, 1.807) is 6.92 Å². The molecule has 0 saturated carbocycles. The Balaban J connectivity index is 4.14. The zero-order valence-electron chi connectivity index (χ0n) is 21.4. The van der Waals surface area contributed by atoms with Gasteiger partial charge < -0.3 is 30.2 Å². The van der Waals surface area contributed by atoms with E-state index in [9.17, 15) is 14.4 Å². The smallest absolute Gasteiger partial charge is 0.242 e. The highest BCUT2D eigenvalue weighted by atomic mass is 16.5. The highest BCUT2D eigenvalue weighted by Crippen LogP contribution is 2.19. The van der Waals surface area contributed by atoms with Gasteiger partial charge in [0, 0.05) is 23.4 Å². The Hall–Kier alpha value is -2.40. The van der Waals surface area contributed by atoms with Gasteiger partial charge in [-0.25, -0.2) is 0 Å². The van der Waals surface area contributed by atoms with Gasteiger partial charge in [0.15, 0.2) is 0 Å². The van der Waals surface area contributed by atoms with Gasteiger partial charge in [0.25, 0.3) is 0 Å². The molecule has 12 heteroatoms. The first-order valence-electron chi connectivity index (χ1n) is 11.7. The molecule has 0 aliphatic carbocycles. The number of nitrogens with zero attached hydrogens (tertiary/aromatic N) is 3. The lowest BCUT2D eigenvalue weighted by Gasteiger charge is -2.26. The van der Waals surface area contributed by atoms with E-state index in [1.807, 2.05) is 34.6 Å². The fourth-order valence-corrected chi connectivity index (χ4v) is 2.48. The van der Waals surface area contributed by atoms with E-state index in [0.717, 1.165) is 0 Å². The molecule has 0 saturated heterocycles. The van der Waals surface area contributed by atoms with E-state index < -0.39 is 23.4 Å². The molecule has 0 aromatic rings. The molecular weight excluding hydrogens is 444 g/mol. The van der Waals surface area contributed by atoms with Crippen LogP contribution in [0.5, 0.6) is 0 Å². The number of ether oxygens (including phenoxy) is 3. The standard InChI is InChI=1S/C22H42N6O6/c1-7-22(5,6)21(31)26-17(4)19(29)27-18(16(2)3)20(30)24-8-10-32-12-14-34-15-13-33-11-9-25-28-23/h16-18H,7-15H2,1-6H3,(H,24,30)(H,26,31)(H,27,29)/t17-,18-/m1/s1. The number of amides is 3. The Morgan fingerprint density at radius 2 is 1.47 bits per heavy atom. The number of hydrogen-bond acceptors (Lipinski definition) is 7. The van der Waals surface area contributed by atoms with Gasteiger partial charge in [0.1, 0.15) is 12.1 Å². The molecule has 0 radical (unpaired) electrons. The SMILES string of the molecule is CCC(C)(C)C(=O)N[C@H](C)C(=O)N[C@@H](C(=O)NCCOCCOCCOCCN=[N+]=[N-])C(C)C. The van der Waals surface area contributed by atoms with Crippen molar-refractivity contribution in [3.63, 3.8) is 0 Å². The van der Waals surface area contributed by atoms with Crippen LogP contribution in [0.4, 0.5) is 0 Å². The van der Waals surface area contributed by atoms with E-state index in [0.29, 0.717) is 52.6 Å². The summed E-state index contributed by atoms with van der Waals surface area (Å²) in [4.78, 5) is 40.0. The van der Waals surface area contributed by atoms with Gasteiger partial charge in [-0.1, -0.05) is 39.7 Å². The second-order valence-corrected chi connectivity index (χ2v) is 8.75. The predicted molar refractivity (Wildman–Crippen MR) is 128 cm³/mol. The van der Waals surface area contributed by atoms with E-state index in [-0.39, 0.29) is 24.3 Å². The van der Waals surface area contributed by atoms with Crippen LogP contribution in [0.2, 0.25) is 0 Å². The number of azide groups is 1. The van der Waals surface area contributed by atoms with Crippen LogP contribution < -0.4 is 16.0 Å². The van der Waals surface area contributed by atoms with Gasteiger partial charge in [-0.05, 0) is 24.8 Å². The maximum Gasteiger partial charge on any atom is 0.242 e. The lowest BCUT2D eigenvalue weighted by molar-refractivity contribution is -0.135. The van der Waals surface area contributed by atoms with Crippen molar-refractivity contribution < 1.29 is 28.6 Å². The molecule has 3 amide bonds. The second-order valence-electron chi connectivity index (χ2n) is 8.75. The van der Waals surface area contributed by atoms with Crippen LogP contribution in [-0.4, -0.2) is 82.5 Å². The highest BCUT2D eigenvalue weighted by molar-refractivity contribution is 5.92. The maximum atomic E-state index is 12.5. The average Bonchev–Trinajstić information content (AvgIpc) is 2.79. The van der Waals surface area contributed by atoms with Crippen LogP contribution in [0.1, 0.15) is 48.0 Å². The van der Waals surface area contributed by atoms with E-state index in [4.69, 9.17) is 19.7 Å². The van der Waals surface area contributed by atoms with Crippen molar-refractivity contribution in [2.24, 2.45) is 16.4 Å². The Labute approximate surface area is 202 Å². The summed E-state index contributed by atoms with van der Waals surface area (Å²) in [6.07, 6.45) is 0.646. The third kappa shape index (κ3) is 14.0. The predicted octanol–water partition coefficient (Wildman–Crippen LogP) is 1.54. The monoisotopic (exact) mass is 486 g/mol. The first-order chi connectivity index (χ1) is 16.1. The molecule has 12 nitrogen and oxygen atoms in total. The van der Waals surface area contributed by atoms with Crippen molar-refractivity contribution in [3.8, 4) is 0 Å². The molecule has 2 atom stereocenters. The van der Waals surface area contributed by atoms with Gasteiger partial charge in [0.2, 0.25) is 17.7 Å². The molecule has 0 fully saturated rings. The molecule has 0 unspecified atom stereocenters. The summed E-state index contributed by atoms with van der Waals surface area (Å²) >= 11 is 0. The number of nitrogens with one attached hydrogen (secondary N) is 3. The van der Waals surface area contributed by atoms with Gasteiger partial charge in [-0.3, -0.25) is 14.4 Å². The molecule has 196 valence electrons. The second kappa shape index (κ2) is 18.0. The fourth-order valence-electron chi connectivity index (χ4n) is 2.48. The molecule has 0 spiro atoms. The summed E-state index contributed by atoms with van der Waals surface area (Å²) in [5.74, 6) is -1.07. The van der Waals surface area contributed by atoms with Gasteiger partial charge >= 0.3 is 0 Å². The number of hydrogen-bond donors (Lipinski definition) is 3. The molecule has 0 heterocycles. The van der Waals surface area contributed by atoms with Crippen LogP contribution in [0, 0.1) is 11.3 Å². The minimum absolute atomic E-state index is 0.137. The Kier molecular flexibility index (Phi) is 16.7. The number of carbonyl (C=O) groups excluding carboxylic acids is 3. The largest absolute Gasteiger partial charge is 0.379 e. The Morgan fingerprint density at radius 1 is 0.912 bits per heavy atom. The fraction of sp³-hybridized carbons (Fsp3) is 0.864. The summed E-state index contributed by atoms with van der Waals surface area (Å²) in [7, 11) is 0. The molecule has 3 N–H and O–H groups in total. The van der Waals surface area contributed by atoms with E-state index in [1.165, 1.54) is 0 Å². The summed E-state index contributed by atoms with van der Waals surface area (Å²) in [6, 6.07) is -1.49. The molecule has 0 bridgehead atoms. The third-order valence-electron chi connectivity index (χ3n) is 5.17. The molecule has 0 rings (SSSR count). The average molecular weight is 487 g/mol. The topological polar surface area (TPSA) is 164 Å². The number of carbonyl (C=O) groups is 3. The quantitative estimate of drug-likeness (QED) is 0.108.